The first-order chi connectivity index (χ1) is 8.69. The minimum atomic E-state index is 0.194. The molecule has 4 heteroatoms. The van der Waals surface area contributed by atoms with Gasteiger partial charge in [0.25, 0.3) is 0 Å². The maximum atomic E-state index is 4.26. The standard InChI is InChI=1S/C15H28N4/c1-10-13(11(2)18-17-10)9-16-12-7-14(3,4)19-15(5,6)8-12/h12,16,19H,7-9H2,1-6H3,(H,17,18). The third kappa shape index (κ3) is 3.57. The molecule has 0 aromatic carbocycles. The van der Waals surface area contributed by atoms with Crippen molar-refractivity contribution in [1.29, 1.82) is 0 Å². The van der Waals surface area contributed by atoms with E-state index in [2.05, 4.69) is 62.4 Å². The normalized spacial score (nSPS) is 22.6. The van der Waals surface area contributed by atoms with Gasteiger partial charge in [-0.15, -0.1) is 0 Å². The Morgan fingerprint density at radius 1 is 1.16 bits per heavy atom. The van der Waals surface area contributed by atoms with Gasteiger partial charge in [0, 0.05) is 34.9 Å². The van der Waals surface area contributed by atoms with Gasteiger partial charge in [0.2, 0.25) is 0 Å². The van der Waals surface area contributed by atoms with Crippen LogP contribution >= 0.6 is 0 Å². The van der Waals surface area contributed by atoms with Gasteiger partial charge in [0.1, 0.15) is 0 Å². The molecule has 0 unspecified atom stereocenters. The predicted molar refractivity (Wildman–Crippen MR) is 79.2 cm³/mol. The summed E-state index contributed by atoms with van der Waals surface area (Å²) in [6.07, 6.45) is 2.32. The number of hydrogen-bond donors (Lipinski definition) is 3. The summed E-state index contributed by atoms with van der Waals surface area (Å²) in [4.78, 5) is 0. The lowest BCUT2D eigenvalue weighted by atomic mass is 9.79. The second-order valence-electron chi connectivity index (χ2n) is 7.29. The number of aromatic amines is 1. The molecule has 0 radical (unpaired) electrons. The average Bonchev–Trinajstić information content (AvgIpc) is 2.51. The van der Waals surface area contributed by atoms with Gasteiger partial charge in [-0.25, -0.2) is 0 Å². The summed E-state index contributed by atoms with van der Waals surface area (Å²) in [6.45, 7) is 14.2. The summed E-state index contributed by atoms with van der Waals surface area (Å²) < 4.78 is 0. The van der Waals surface area contributed by atoms with Gasteiger partial charge in [-0.1, -0.05) is 0 Å². The Balaban J connectivity index is 2.00. The lowest BCUT2D eigenvalue weighted by Gasteiger charge is -2.46. The van der Waals surface area contributed by atoms with E-state index >= 15 is 0 Å². The van der Waals surface area contributed by atoms with Gasteiger partial charge >= 0.3 is 0 Å². The third-order valence-electron chi connectivity index (χ3n) is 4.04. The molecule has 0 aliphatic carbocycles. The Hall–Kier alpha value is -0.870. The lowest BCUT2D eigenvalue weighted by molar-refractivity contribution is 0.145. The molecule has 0 spiro atoms. The largest absolute Gasteiger partial charge is 0.310 e. The molecule has 0 atom stereocenters. The summed E-state index contributed by atoms with van der Waals surface area (Å²) in [7, 11) is 0. The van der Waals surface area contributed by atoms with Gasteiger partial charge in [-0.05, 0) is 54.4 Å². The van der Waals surface area contributed by atoms with Crippen molar-refractivity contribution in [2.24, 2.45) is 0 Å². The van der Waals surface area contributed by atoms with Crippen molar-refractivity contribution in [3.8, 4) is 0 Å². The Morgan fingerprint density at radius 2 is 1.74 bits per heavy atom. The Morgan fingerprint density at radius 3 is 2.21 bits per heavy atom. The molecule has 2 heterocycles. The molecule has 0 amide bonds. The molecule has 0 saturated carbocycles. The topological polar surface area (TPSA) is 52.7 Å². The van der Waals surface area contributed by atoms with Crippen LogP contribution in [0.25, 0.3) is 0 Å². The molecular weight excluding hydrogens is 236 g/mol. The van der Waals surface area contributed by atoms with Crippen LogP contribution in [0.15, 0.2) is 0 Å². The van der Waals surface area contributed by atoms with Crippen LogP contribution in [-0.2, 0) is 6.54 Å². The van der Waals surface area contributed by atoms with E-state index < -0.39 is 0 Å². The van der Waals surface area contributed by atoms with Crippen LogP contribution in [0.4, 0.5) is 0 Å². The molecule has 1 aliphatic rings. The number of aromatic nitrogens is 2. The molecule has 0 bridgehead atoms. The van der Waals surface area contributed by atoms with Gasteiger partial charge in [-0.2, -0.15) is 5.10 Å². The number of piperidine rings is 1. The first-order valence-corrected chi connectivity index (χ1v) is 7.22. The summed E-state index contributed by atoms with van der Waals surface area (Å²) in [5.74, 6) is 0. The van der Waals surface area contributed by atoms with Crippen LogP contribution in [0.3, 0.4) is 0 Å². The fourth-order valence-electron chi connectivity index (χ4n) is 3.55. The number of rotatable bonds is 3. The van der Waals surface area contributed by atoms with E-state index in [1.54, 1.807) is 0 Å². The fraction of sp³-hybridized carbons (Fsp3) is 0.800. The van der Waals surface area contributed by atoms with Crippen LogP contribution in [0, 0.1) is 13.8 Å². The van der Waals surface area contributed by atoms with Crippen molar-refractivity contribution in [3.05, 3.63) is 17.0 Å². The summed E-state index contributed by atoms with van der Waals surface area (Å²) in [5, 5.41) is 14.8. The molecule has 2 rings (SSSR count). The quantitative estimate of drug-likeness (QED) is 0.786. The average molecular weight is 264 g/mol. The SMILES string of the molecule is Cc1n[nH]c(C)c1CNC1CC(C)(C)NC(C)(C)C1. The molecule has 1 aliphatic heterocycles. The van der Waals surface area contributed by atoms with Crippen LogP contribution < -0.4 is 10.6 Å². The number of nitrogens with zero attached hydrogens (tertiary/aromatic N) is 1. The van der Waals surface area contributed by atoms with Crippen molar-refractivity contribution in [1.82, 2.24) is 20.8 Å². The number of H-pyrrole nitrogens is 1. The van der Waals surface area contributed by atoms with E-state index in [0.29, 0.717) is 6.04 Å². The molecule has 19 heavy (non-hydrogen) atoms. The van der Waals surface area contributed by atoms with Crippen molar-refractivity contribution in [2.75, 3.05) is 0 Å². The van der Waals surface area contributed by atoms with Crippen LogP contribution in [-0.4, -0.2) is 27.3 Å². The van der Waals surface area contributed by atoms with Gasteiger partial charge in [0.15, 0.2) is 0 Å². The first kappa shape index (κ1) is 14.5. The molecule has 1 saturated heterocycles. The molecule has 1 aromatic heterocycles. The fourth-order valence-corrected chi connectivity index (χ4v) is 3.55. The second kappa shape index (κ2) is 4.91. The molecule has 4 nitrogen and oxygen atoms in total. The minimum absolute atomic E-state index is 0.194. The van der Waals surface area contributed by atoms with Crippen molar-refractivity contribution in [2.45, 2.75) is 78.0 Å². The third-order valence-corrected chi connectivity index (χ3v) is 4.04. The van der Waals surface area contributed by atoms with Gasteiger partial charge in [0.05, 0.1) is 5.69 Å². The van der Waals surface area contributed by atoms with Crippen LogP contribution in [0.5, 0.6) is 0 Å². The van der Waals surface area contributed by atoms with E-state index in [4.69, 9.17) is 0 Å². The highest BCUT2D eigenvalue weighted by Crippen LogP contribution is 2.28. The zero-order chi connectivity index (χ0) is 14.3. The van der Waals surface area contributed by atoms with E-state index in [-0.39, 0.29) is 11.1 Å². The second-order valence-corrected chi connectivity index (χ2v) is 7.29. The summed E-state index contributed by atoms with van der Waals surface area (Å²) in [5.41, 5.74) is 3.99. The van der Waals surface area contributed by atoms with Crippen molar-refractivity contribution in [3.63, 3.8) is 0 Å². The Labute approximate surface area is 116 Å². The first-order valence-electron chi connectivity index (χ1n) is 7.22. The minimum Gasteiger partial charge on any atom is -0.310 e. The monoisotopic (exact) mass is 264 g/mol. The van der Waals surface area contributed by atoms with E-state index in [9.17, 15) is 0 Å². The zero-order valence-electron chi connectivity index (χ0n) is 13.1. The highest BCUT2D eigenvalue weighted by atomic mass is 15.1. The Kier molecular flexibility index (Phi) is 3.76. The zero-order valence-corrected chi connectivity index (χ0v) is 13.1. The van der Waals surface area contributed by atoms with Crippen LogP contribution in [0.1, 0.15) is 57.5 Å². The molecule has 1 fully saturated rings. The molecule has 108 valence electrons. The number of aryl methyl sites for hydroxylation is 2. The highest BCUT2D eigenvalue weighted by molar-refractivity contribution is 5.23. The van der Waals surface area contributed by atoms with E-state index in [1.807, 2.05) is 0 Å². The van der Waals surface area contributed by atoms with Gasteiger partial charge in [-0.3, -0.25) is 5.10 Å². The van der Waals surface area contributed by atoms with E-state index in [1.165, 1.54) is 11.3 Å². The number of nitrogens with one attached hydrogen (secondary N) is 3. The smallest absolute Gasteiger partial charge is 0.0638 e. The Bertz CT molecular complexity index is 409. The van der Waals surface area contributed by atoms with Gasteiger partial charge < -0.3 is 10.6 Å². The lowest BCUT2D eigenvalue weighted by Crippen LogP contribution is -2.61. The maximum absolute atomic E-state index is 4.26. The maximum Gasteiger partial charge on any atom is 0.0638 e. The van der Waals surface area contributed by atoms with Crippen molar-refractivity contribution < 1.29 is 0 Å². The summed E-state index contributed by atoms with van der Waals surface area (Å²) >= 11 is 0. The van der Waals surface area contributed by atoms with E-state index in [0.717, 1.165) is 25.1 Å². The number of hydrogen-bond acceptors (Lipinski definition) is 3. The molecule has 3 N–H and O–H groups in total. The van der Waals surface area contributed by atoms with Crippen molar-refractivity contribution >= 4 is 0 Å². The summed E-state index contributed by atoms with van der Waals surface area (Å²) in [6, 6.07) is 0.556. The van der Waals surface area contributed by atoms with Crippen LogP contribution in [0.2, 0.25) is 0 Å². The molecular formula is C15H28N4. The predicted octanol–water partition coefficient (Wildman–Crippen LogP) is 2.43. The highest BCUT2D eigenvalue weighted by Gasteiger charge is 2.37. The molecule has 1 aromatic rings.